The number of nitro groups is 1. The second-order valence-electron chi connectivity index (χ2n) is 4.58. The van der Waals surface area contributed by atoms with Crippen molar-refractivity contribution in [2.24, 2.45) is 0 Å². The molecule has 0 unspecified atom stereocenters. The van der Waals surface area contributed by atoms with Crippen LogP contribution in [0.1, 0.15) is 28.8 Å². The summed E-state index contributed by atoms with van der Waals surface area (Å²) in [5.41, 5.74) is 0.828. The first kappa shape index (κ1) is 13.5. The zero-order chi connectivity index (χ0) is 13.8. The van der Waals surface area contributed by atoms with E-state index in [4.69, 9.17) is 0 Å². The summed E-state index contributed by atoms with van der Waals surface area (Å²) in [5, 5.41) is 11.1. The molecule has 1 aromatic carbocycles. The summed E-state index contributed by atoms with van der Waals surface area (Å²) in [6, 6.07) is 4.50. The SMILES string of the molecule is COC(=O)c1ccc(CN2CCCC2)c([N+](=O)[O-])c1. The summed E-state index contributed by atoms with van der Waals surface area (Å²) in [4.78, 5) is 24.2. The average Bonchev–Trinajstić information content (AvgIpc) is 2.91. The van der Waals surface area contributed by atoms with E-state index >= 15 is 0 Å². The molecule has 0 radical (unpaired) electrons. The van der Waals surface area contributed by atoms with Crippen molar-refractivity contribution in [3.8, 4) is 0 Å². The third kappa shape index (κ3) is 3.08. The minimum Gasteiger partial charge on any atom is -0.465 e. The van der Waals surface area contributed by atoms with Gasteiger partial charge in [0, 0.05) is 18.2 Å². The summed E-state index contributed by atoms with van der Waals surface area (Å²) in [6.07, 6.45) is 2.27. The maximum Gasteiger partial charge on any atom is 0.338 e. The average molecular weight is 264 g/mol. The van der Waals surface area contributed by atoms with Crippen molar-refractivity contribution in [1.29, 1.82) is 0 Å². The Hall–Kier alpha value is -1.95. The second-order valence-corrected chi connectivity index (χ2v) is 4.58. The topological polar surface area (TPSA) is 72.7 Å². The molecule has 0 aromatic heterocycles. The largest absolute Gasteiger partial charge is 0.465 e. The molecule has 1 saturated heterocycles. The van der Waals surface area contributed by atoms with Gasteiger partial charge >= 0.3 is 5.97 Å². The van der Waals surface area contributed by atoms with Crippen LogP contribution >= 0.6 is 0 Å². The van der Waals surface area contributed by atoms with E-state index < -0.39 is 10.9 Å². The van der Waals surface area contributed by atoms with Crippen molar-refractivity contribution in [2.45, 2.75) is 19.4 Å². The number of rotatable bonds is 4. The molecule has 1 aliphatic heterocycles. The Labute approximate surface area is 111 Å². The van der Waals surface area contributed by atoms with Gasteiger partial charge in [-0.1, -0.05) is 6.07 Å². The lowest BCUT2D eigenvalue weighted by Gasteiger charge is -2.14. The fourth-order valence-electron chi connectivity index (χ4n) is 2.29. The fourth-order valence-corrected chi connectivity index (χ4v) is 2.29. The molecule has 1 fully saturated rings. The molecule has 0 N–H and O–H groups in total. The maximum atomic E-state index is 11.4. The number of likely N-dealkylation sites (tertiary alicyclic amines) is 1. The Bertz CT molecular complexity index is 495. The molecular formula is C13H16N2O4. The van der Waals surface area contributed by atoms with E-state index in [-0.39, 0.29) is 11.3 Å². The van der Waals surface area contributed by atoms with E-state index in [0.29, 0.717) is 12.1 Å². The summed E-state index contributed by atoms with van der Waals surface area (Å²) in [5.74, 6) is -0.559. The molecule has 6 nitrogen and oxygen atoms in total. The summed E-state index contributed by atoms with van der Waals surface area (Å²) in [6.45, 7) is 2.49. The standard InChI is InChI=1S/C13H16N2O4/c1-19-13(16)10-4-5-11(12(8-10)15(17)18)9-14-6-2-3-7-14/h4-5,8H,2-3,6-7,9H2,1H3. The highest BCUT2D eigenvalue weighted by atomic mass is 16.6. The molecule has 6 heteroatoms. The van der Waals surface area contributed by atoms with Crippen molar-refractivity contribution >= 4 is 11.7 Å². The molecule has 19 heavy (non-hydrogen) atoms. The summed E-state index contributed by atoms with van der Waals surface area (Å²) in [7, 11) is 1.26. The quantitative estimate of drug-likeness (QED) is 0.472. The first-order valence-corrected chi connectivity index (χ1v) is 6.20. The van der Waals surface area contributed by atoms with Gasteiger partial charge in [0.1, 0.15) is 0 Å². The number of benzene rings is 1. The third-order valence-electron chi connectivity index (χ3n) is 3.30. The van der Waals surface area contributed by atoms with Crippen LogP contribution in [0.4, 0.5) is 5.69 Å². The molecule has 0 amide bonds. The number of methoxy groups -OCH3 is 1. The first-order chi connectivity index (χ1) is 9.11. The fraction of sp³-hybridized carbons (Fsp3) is 0.462. The Kier molecular flexibility index (Phi) is 4.11. The van der Waals surface area contributed by atoms with Crippen molar-refractivity contribution < 1.29 is 14.5 Å². The second kappa shape index (κ2) is 5.79. The van der Waals surface area contributed by atoms with Crippen LogP contribution in [0.3, 0.4) is 0 Å². The number of hydrogen-bond acceptors (Lipinski definition) is 5. The van der Waals surface area contributed by atoms with Gasteiger partial charge in [0.05, 0.1) is 17.6 Å². The normalized spacial score (nSPS) is 15.4. The van der Waals surface area contributed by atoms with Gasteiger partial charge in [-0.25, -0.2) is 4.79 Å². The van der Waals surface area contributed by atoms with Gasteiger partial charge in [-0.2, -0.15) is 0 Å². The predicted octanol–water partition coefficient (Wildman–Crippen LogP) is 1.98. The molecular weight excluding hydrogens is 248 g/mol. The molecule has 1 aromatic rings. The highest BCUT2D eigenvalue weighted by Crippen LogP contribution is 2.24. The van der Waals surface area contributed by atoms with Gasteiger partial charge in [-0.3, -0.25) is 15.0 Å². The lowest BCUT2D eigenvalue weighted by molar-refractivity contribution is -0.385. The Morgan fingerprint density at radius 3 is 2.68 bits per heavy atom. The van der Waals surface area contributed by atoms with Crippen LogP contribution in [-0.4, -0.2) is 36.0 Å². The van der Waals surface area contributed by atoms with Gasteiger partial charge in [0.25, 0.3) is 5.69 Å². The monoisotopic (exact) mass is 264 g/mol. The number of carbonyl (C=O) groups excluding carboxylic acids is 1. The Morgan fingerprint density at radius 1 is 1.42 bits per heavy atom. The smallest absolute Gasteiger partial charge is 0.338 e. The predicted molar refractivity (Wildman–Crippen MR) is 68.9 cm³/mol. The molecule has 1 aliphatic rings. The number of esters is 1. The van der Waals surface area contributed by atoms with Gasteiger partial charge in [-0.05, 0) is 32.0 Å². The Morgan fingerprint density at radius 2 is 2.11 bits per heavy atom. The van der Waals surface area contributed by atoms with E-state index in [2.05, 4.69) is 9.64 Å². The van der Waals surface area contributed by atoms with Crippen LogP contribution in [-0.2, 0) is 11.3 Å². The number of nitrogens with zero attached hydrogens (tertiary/aromatic N) is 2. The van der Waals surface area contributed by atoms with Gasteiger partial charge in [0.2, 0.25) is 0 Å². The van der Waals surface area contributed by atoms with Crippen LogP contribution < -0.4 is 0 Å². The van der Waals surface area contributed by atoms with Crippen molar-refractivity contribution in [3.63, 3.8) is 0 Å². The highest BCUT2D eigenvalue weighted by molar-refractivity contribution is 5.90. The number of nitro benzene ring substituents is 1. The molecule has 102 valence electrons. The van der Waals surface area contributed by atoms with E-state index in [1.54, 1.807) is 12.1 Å². The van der Waals surface area contributed by atoms with Crippen LogP contribution in [0.25, 0.3) is 0 Å². The molecule has 2 rings (SSSR count). The lowest BCUT2D eigenvalue weighted by atomic mass is 10.1. The van der Waals surface area contributed by atoms with Crippen LogP contribution in [0.5, 0.6) is 0 Å². The molecule has 0 spiro atoms. The van der Waals surface area contributed by atoms with Crippen LogP contribution in [0.15, 0.2) is 18.2 Å². The number of hydrogen-bond donors (Lipinski definition) is 0. The highest BCUT2D eigenvalue weighted by Gasteiger charge is 2.21. The Balaban J connectivity index is 2.26. The van der Waals surface area contributed by atoms with E-state index in [0.717, 1.165) is 25.9 Å². The van der Waals surface area contributed by atoms with E-state index in [1.807, 2.05) is 0 Å². The molecule has 1 heterocycles. The van der Waals surface area contributed by atoms with Crippen molar-refractivity contribution in [2.75, 3.05) is 20.2 Å². The van der Waals surface area contributed by atoms with Crippen LogP contribution in [0, 0.1) is 10.1 Å². The first-order valence-electron chi connectivity index (χ1n) is 6.20. The van der Waals surface area contributed by atoms with Crippen molar-refractivity contribution in [3.05, 3.63) is 39.4 Å². The lowest BCUT2D eigenvalue weighted by Crippen LogP contribution is -2.19. The minimum absolute atomic E-state index is 0.0187. The van der Waals surface area contributed by atoms with E-state index in [9.17, 15) is 14.9 Å². The van der Waals surface area contributed by atoms with Crippen LogP contribution in [0.2, 0.25) is 0 Å². The summed E-state index contributed by atoms with van der Waals surface area (Å²) >= 11 is 0. The third-order valence-corrected chi connectivity index (χ3v) is 3.30. The van der Waals surface area contributed by atoms with Gasteiger partial charge < -0.3 is 4.74 Å². The van der Waals surface area contributed by atoms with Crippen molar-refractivity contribution in [1.82, 2.24) is 4.90 Å². The maximum absolute atomic E-state index is 11.4. The zero-order valence-electron chi connectivity index (χ0n) is 10.8. The van der Waals surface area contributed by atoms with Gasteiger partial charge in [0.15, 0.2) is 0 Å². The van der Waals surface area contributed by atoms with E-state index in [1.165, 1.54) is 13.2 Å². The molecule has 0 bridgehead atoms. The molecule has 0 atom stereocenters. The minimum atomic E-state index is -0.559. The number of ether oxygens (including phenoxy) is 1. The zero-order valence-corrected chi connectivity index (χ0v) is 10.8. The summed E-state index contributed by atoms with van der Waals surface area (Å²) < 4.78 is 4.57. The molecule has 0 saturated carbocycles. The molecule has 0 aliphatic carbocycles. The number of carbonyl (C=O) groups is 1. The van der Waals surface area contributed by atoms with Gasteiger partial charge in [-0.15, -0.1) is 0 Å².